The van der Waals surface area contributed by atoms with E-state index in [-0.39, 0.29) is 12.6 Å². The highest BCUT2D eigenvalue weighted by molar-refractivity contribution is 5.89. The average molecular weight is 294 g/mol. The Kier molecular flexibility index (Phi) is 8.28. The molecule has 1 aromatic rings. The Bertz CT molecular complexity index is 400. The Labute approximate surface area is 126 Å². The molecule has 1 rings (SSSR count). The molecule has 0 spiro atoms. The molecule has 0 aromatic heterocycles. The number of carbonyl (C=O) groups is 1. The Morgan fingerprint density at radius 1 is 1.24 bits per heavy atom. The lowest BCUT2D eigenvalue weighted by atomic mass is 10.0. The van der Waals surface area contributed by atoms with E-state index < -0.39 is 0 Å². The summed E-state index contributed by atoms with van der Waals surface area (Å²) in [6, 6.07) is 7.04. The molecule has 1 aromatic carbocycles. The van der Waals surface area contributed by atoms with Crippen LogP contribution >= 0.6 is 0 Å². The summed E-state index contributed by atoms with van der Waals surface area (Å²) in [6.07, 6.45) is 2.77. The zero-order valence-corrected chi connectivity index (χ0v) is 12.9. The molecule has 0 aliphatic rings. The second-order valence-corrected chi connectivity index (χ2v) is 4.96. The third kappa shape index (κ3) is 6.99. The minimum Gasteiger partial charge on any atom is -0.494 e. The Morgan fingerprint density at radius 2 is 1.95 bits per heavy atom. The predicted octanol–water partition coefficient (Wildman–Crippen LogP) is 3.01. The summed E-state index contributed by atoms with van der Waals surface area (Å²) in [7, 11) is 0. The number of hydrogen-bond acceptors (Lipinski definition) is 3. The number of urea groups is 1. The van der Waals surface area contributed by atoms with Crippen LogP contribution < -0.4 is 15.4 Å². The van der Waals surface area contributed by atoms with E-state index in [9.17, 15) is 4.79 Å². The lowest BCUT2D eigenvalue weighted by Gasteiger charge is -2.16. The summed E-state index contributed by atoms with van der Waals surface area (Å²) in [5, 5.41) is 14.6. The summed E-state index contributed by atoms with van der Waals surface area (Å²) in [5.41, 5.74) is 0.727. The normalized spacial score (nSPS) is 11.8. The molecular formula is C16H26N2O3. The van der Waals surface area contributed by atoms with Gasteiger partial charge in [-0.15, -0.1) is 0 Å². The van der Waals surface area contributed by atoms with Crippen molar-refractivity contribution in [2.45, 2.75) is 33.1 Å². The maximum Gasteiger partial charge on any atom is 0.319 e. The first kappa shape index (κ1) is 17.3. The van der Waals surface area contributed by atoms with Crippen molar-refractivity contribution in [2.75, 3.05) is 25.1 Å². The Morgan fingerprint density at radius 3 is 2.52 bits per heavy atom. The highest BCUT2D eigenvalue weighted by atomic mass is 16.5. The van der Waals surface area contributed by atoms with Gasteiger partial charge < -0.3 is 20.5 Å². The van der Waals surface area contributed by atoms with E-state index >= 15 is 0 Å². The van der Waals surface area contributed by atoms with Crippen molar-refractivity contribution in [2.24, 2.45) is 5.92 Å². The first-order valence-electron chi connectivity index (χ1n) is 7.58. The molecule has 0 aliphatic heterocycles. The largest absolute Gasteiger partial charge is 0.494 e. The molecule has 0 radical (unpaired) electrons. The number of benzene rings is 1. The van der Waals surface area contributed by atoms with Gasteiger partial charge in [-0.2, -0.15) is 0 Å². The minimum absolute atomic E-state index is 0.160. The van der Waals surface area contributed by atoms with Crippen molar-refractivity contribution in [3.63, 3.8) is 0 Å². The monoisotopic (exact) mass is 294 g/mol. The molecule has 0 heterocycles. The summed E-state index contributed by atoms with van der Waals surface area (Å²) in [4.78, 5) is 11.8. The topological polar surface area (TPSA) is 70.6 Å². The summed E-state index contributed by atoms with van der Waals surface area (Å²) < 4.78 is 5.35. The fraction of sp³-hybridized carbons (Fsp3) is 0.562. The van der Waals surface area contributed by atoms with Crippen LogP contribution in [0.2, 0.25) is 0 Å². The first-order chi connectivity index (χ1) is 10.2. The van der Waals surface area contributed by atoms with Gasteiger partial charge in [-0.1, -0.05) is 13.3 Å². The molecule has 1 unspecified atom stereocenters. The lowest BCUT2D eigenvalue weighted by molar-refractivity contribution is 0.236. The first-order valence-corrected chi connectivity index (χ1v) is 7.58. The SMILES string of the molecule is CCCC(CCO)CNC(=O)Nc1ccc(OCC)cc1. The molecule has 5 nitrogen and oxygen atoms in total. The van der Waals surface area contributed by atoms with Crippen LogP contribution in [0.4, 0.5) is 10.5 Å². The molecule has 3 N–H and O–H groups in total. The molecule has 0 aliphatic carbocycles. The van der Waals surface area contributed by atoms with Crippen molar-refractivity contribution in [1.29, 1.82) is 0 Å². The molecule has 118 valence electrons. The summed E-state index contributed by atoms with van der Waals surface area (Å²) >= 11 is 0. The van der Waals surface area contributed by atoms with E-state index in [1.54, 1.807) is 0 Å². The fourth-order valence-electron chi connectivity index (χ4n) is 2.15. The number of ether oxygens (including phenoxy) is 1. The number of amides is 2. The van der Waals surface area contributed by atoms with E-state index in [1.807, 2.05) is 31.2 Å². The van der Waals surface area contributed by atoms with E-state index in [1.165, 1.54) is 0 Å². The number of nitrogens with one attached hydrogen (secondary N) is 2. The van der Waals surface area contributed by atoms with Crippen LogP contribution in [-0.4, -0.2) is 30.9 Å². The van der Waals surface area contributed by atoms with Crippen LogP contribution in [-0.2, 0) is 0 Å². The zero-order chi connectivity index (χ0) is 15.5. The zero-order valence-electron chi connectivity index (χ0n) is 12.9. The van der Waals surface area contributed by atoms with Gasteiger partial charge in [0.15, 0.2) is 0 Å². The Balaban J connectivity index is 2.38. The van der Waals surface area contributed by atoms with Crippen LogP contribution in [0.5, 0.6) is 5.75 Å². The second-order valence-electron chi connectivity index (χ2n) is 4.96. The van der Waals surface area contributed by atoms with Gasteiger partial charge >= 0.3 is 6.03 Å². The highest BCUT2D eigenvalue weighted by Crippen LogP contribution is 2.15. The van der Waals surface area contributed by atoms with Gasteiger partial charge in [0, 0.05) is 18.8 Å². The number of hydrogen-bond donors (Lipinski definition) is 3. The van der Waals surface area contributed by atoms with Crippen molar-refractivity contribution in [1.82, 2.24) is 5.32 Å². The number of carbonyl (C=O) groups excluding carboxylic acids is 1. The second kappa shape index (κ2) is 10.0. The van der Waals surface area contributed by atoms with E-state index in [0.717, 1.165) is 30.7 Å². The van der Waals surface area contributed by atoms with Crippen LogP contribution in [0.25, 0.3) is 0 Å². The molecule has 21 heavy (non-hydrogen) atoms. The van der Waals surface area contributed by atoms with Crippen LogP contribution in [0.3, 0.4) is 0 Å². The van der Waals surface area contributed by atoms with E-state index in [0.29, 0.717) is 19.1 Å². The van der Waals surface area contributed by atoms with E-state index in [2.05, 4.69) is 17.6 Å². The average Bonchev–Trinajstić information content (AvgIpc) is 2.48. The Hall–Kier alpha value is -1.75. The van der Waals surface area contributed by atoms with Crippen LogP contribution in [0, 0.1) is 5.92 Å². The van der Waals surface area contributed by atoms with Gasteiger partial charge in [0.25, 0.3) is 0 Å². The molecular weight excluding hydrogens is 268 g/mol. The van der Waals surface area contributed by atoms with Gasteiger partial charge in [0.05, 0.1) is 6.61 Å². The maximum atomic E-state index is 11.8. The van der Waals surface area contributed by atoms with Gasteiger partial charge in [0.1, 0.15) is 5.75 Å². The third-order valence-electron chi connectivity index (χ3n) is 3.21. The van der Waals surface area contributed by atoms with Crippen molar-refractivity contribution >= 4 is 11.7 Å². The van der Waals surface area contributed by atoms with Gasteiger partial charge in [-0.25, -0.2) is 4.79 Å². The molecule has 0 saturated heterocycles. The molecule has 5 heteroatoms. The maximum absolute atomic E-state index is 11.8. The number of anilines is 1. The lowest BCUT2D eigenvalue weighted by Crippen LogP contribution is -2.33. The van der Waals surface area contributed by atoms with Gasteiger partial charge in [-0.3, -0.25) is 0 Å². The smallest absolute Gasteiger partial charge is 0.319 e. The molecule has 0 saturated carbocycles. The molecule has 1 atom stereocenters. The number of aliphatic hydroxyl groups is 1. The molecule has 0 bridgehead atoms. The van der Waals surface area contributed by atoms with Gasteiger partial charge in [0.2, 0.25) is 0 Å². The predicted molar refractivity (Wildman–Crippen MR) is 84.7 cm³/mol. The minimum atomic E-state index is -0.224. The number of aliphatic hydroxyl groups excluding tert-OH is 1. The highest BCUT2D eigenvalue weighted by Gasteiger charge is 2.09. The molecule has 0 fully saturated rings. The standard InChI is InChI=1S/C16H26N2O3/c1-3-5-13(10-11-19)12-17-16(20)18-14-6-8-15(9-7-14)21-4-2/h6-9,13,19H,3-5,10-12H2,1-2H3,(H2,17,18,20). The molecule has 2 amide bonds. The third-order valence-corrected chi connectivity index (χ3v) is 3.21. The van der Waals surface area contributed by atoms with Crippen molar-refractivity contribution in [3.05, 3.63) is 24.3 Å². The van der Waals surface area contributed by atoms with Crippen molar-refractivity contribution in [3.8, 4) is 5.75 Å². The van der Waals surface area contributed by atoms with Crippen LogP contribution in [0.15, 0.2) is 24.3 Å². The summed E-state index contributed by atoms with van der Waals surface area (Å²) in [6.45, 7) is 5.39. The van der Waals surface area contributed by atoms with Crippen LogP contribution in [0.1, 0.15) is 33.1 Å². The van der Waals surface area contributed by atoms with E-state index in [4.69, 9.17) is 9.84 Å². The van der Waals surface area contributed by atoms with Gasteiger partial charge in [-0.05, 0) is 49.9 Å². The summed E-state index contributed by atoms with van der Waals surface area (Å²) in [5.74, 6) is 1.11. The number of rotatable bonds is 9. The fourth-order valence-corrected chi connectivity index (χ4v) is 2.15. The quantitative estimate of drug-likeness (QED) is 0.655. The van der Waals surface area contributed by atoms with Crippen molar-refractivity contribution < 1.29 is 14.6 Å².